The lowest BCUT2D eigenvalue weighted by molar-refractivity contribution is -0.0441. The predicted octanol–water partition coefficient (Wildman–Crippen LogP) is 2.64. The van der Waals surface area contributed by atoms with Gasteiger partial charge >= 0.3 is 0 Å². The summed E-state index contributed by atoms with van der Waals surface area (Å²) >= 11 is 0. The van der Waals surface area contributed by atoms with Crippen LogP contribution in [0.1, 0.15) is 30.3 Å². The summed E-state index contributed by atoms with van der Waals surface area (Å²) in [5.41, 5.74) is 2.47. The maximum Gasteiger partial charge on any atom is 0.184 e. The van der Waals surface area contributed by atoms with Gasteiger partial charge in [-0.3, -0.25) is 0 Å². The average Bonchev–Trinajstić information content (AvgIpc) is 2.83. The van der Waals surface area contributed by atoms with Crippen molar-refractivity contribution in [3.8, 4) is 0 Å². The number of rotatable bonds is 5. The van der Waals surface area contributed by atoms with E-state index in [-0.39, 0.29) is 6.29 Å². The number of benzene rings is 1. The van der Waals surface area contributed by atoms with Gasteiger partial charge in [-0.2, -0.15) is 0 Å². The maximum atomic E-state index is 5.48. The van der Waals surface area contributed by atoms with E-state index in [9.17, 15) is 0 Å². The molecule has 84 valence electrons. The zero-order valence-electron chi connectivity index (χ0n) is 9.52. The van der Waals surface area contributed by atoms with Gasteiger partial charge in [0.2, 0.25) is 0 Å². The predicted molar refractivity (Wildman–Crippen MR) is 64.6 cm³/mol. The molecule has 0 aliphatic carbocycles. The zero-order valence-corrected chi connectivity index (χ0v) is 9.52. The minimum atomic E-state index is -0.158. The van der Waals surface area contributed by atoms with E-state index in [1.54, 1.807) is 0 Å². The maximum absolute atomic E-state index is 5.48. The van der Waals surface area contributed by atoms with Gasteiger partial charge in [-0.1, -0.05) is 37.0 Å². The molecule has 1 aromatic carbocycles. The summed E-state index contributed by atoms with van der Waals surface area (Å²) in [5.74, 6) is 0. The highest BCUT2D eigenvalue weighted by molar-refractivity contribution is 6.08. The Morgan fingerprint density at radius 3 is 2.75 bits per heavy atom. The minimum absolute atomic E-state index is 0.158. The first-order valence-electron chi connectivity index (χ1n) is 5.92. The number of ether oxygens (including phenoxy) is 2. The summed E-state index contributed by atoms with van der Waals surface area (Å²) in [7, 11) is 5.48. The third-order valence-corrected chi connectivity index (χ3v) is 2.76. The summed E-state index contributed by atoms with van der Waals surface area (Å²) < 4.78 is 11.0. The van der Waals surface area contributed by atoms with E-state index in [1.165, 1.54) is 5.56 Å². The molecule has 0 spiro atoms. The van der Waals surface area contributed by atoms with Gasteiger partial charge in [-0.25, -0.2) is 0 Å². The molecule has 2 rings (SSSR count). The monoisotopic (exact) mass is 216 g/mol. The molecule has 0 saturated carbocycles. The summed E-state index contributed by atoms with van der Waals surface area (Å²) in [6, 6.07) is 8.45. The lowest BCUT2D eigenvalue weighted by Gasteiger charge is -2.10. The molecule has 3 heteroatoms. The molecule has 0 atom stereocenters. The first-order chi connectivity index (χ1) is 7.90. The Morgan fingerprint density at radius 2 is 2.00 bits per heavy atom. The fourth-order valence-electron chi connectivity index (χ4n) is 1.92. The molecule has 16 heavy (non-hydrogen) atoms. The number of aryl methyl sites for hydroxylation is 1. The van der Waals surface area contributed by atoms with Gasteiger partial charge in [0.1, 0.15) is 0 Å². The van der Waals surface area contributed by atoms with Crippen LogP contribution in [-0.2, 0) is 15.9 Å². The van der Waals surface area contributed by atoms with Crippen molar-refractivity contribution in [2.45, 2.75) is 31.9 Å². The van der Waals surface area contributed by atoms with Gasteiger partial charge < -0.3 is 9.47 Å². The Kier molecular flexibility index (Phi) is 4.43. The van der Waals surface area contributed by atoms with Gasteiger partial charge in [-0.15, -0.1) is 0 Å². The standard InChI is InChI=1S/C13H17BO2/c14-7-2-1-4-11-5-3-6-12(10-11)13-15-8-9-16-13/h3,5-6,10,13H,1-2,4,7-9H2. The first-order valence-corrected chi connectivity index (χ1v) is 5.92. The van der Waals surface area contributed by atoms with Crippen molar-refractivity contribution in [3.63, 3.8) is 0 Å². The van der Waals surface area contributed by atoms with E-state index < -0.39 is 0 Å². The summed E-state index contributed by atoms with van der Waals surface area (Å²) in [4.78, 5) is 0. The van der Waals surface area contributed by atoms with Crippen molar-refractivity contribution in [1.82, 2.24) is 0 Å². The van der Waals surface area contributed by atoms with Crippen LogP contribution < -0.4 is 0 Å². The third kappa shape index (κ3) is 3.10. The van der Waals surface area contributed by atoms with Crippen LogP contribution in [0.2, 0.25) is 6.32 Å². The second-order valence-corrected chi connectivity index (χ2v) is 4.06. The molecule has 2 radical (unpaired) electrons. The second-order valence-electron chi connectivity index (χ2n) is 4.06. The van der Waals surface area contributed by atoms with E-state index in [1.807, 2.05) is 0 Å². The van der Waals surface area contributed by atoms with E-state index in [4.69, 9.17) is 17.3 Å². The van der Waals surface area contributed by atoms with Gasteiger partial charge in [0, 0.05) is 5.56 Å². The second kappa shape index (κ2) is 6.07. The van der Waals surface area contributed by atoms with Crippen molar-refractivity contribution < 1.29 is 9.47 Å². The van der Waals surface area contributed by atoms with Crippen LogP contribution in [0.25, 0.3) is 0 Å². The van der Waals surface area contributed by atoms with Crippen molar-refractivity contribution in [3.05, 3.63) is 35.4 Å². The minimum Gasteiger partial charge on any atom is -0.346 e. The average molecular weight is 216 g/mol. The highest BCUT2D eigenvalue weighted by Gasteiger charge is 2.17. The Balaban J connectivity index is 1.95. The van der Waals surface area contributed by atoms with Crippen molar-refractivity contribution in [2.75, 3.05) is 13.2 Å². The smallest absolute Gasteiger partial charge is 0.184 e. The number of hydrogen-bond acceptors (Lipinski definition) is 2. The van der Waals surface area contributed by atoms with Gasteiger partial charge in [0.15, 0.2) is 6.29 Å². The fraction of sp³-hybridized carbons (Fsp3) is 0.538. The molecule has 1 saturated heterocycles. The fourth-order valence-corrected chi connectivity index (χ4v) is 1.92. The molecule has 2 nitrogen and oxygen atoms in total. The van der Waals surface area contributed by atoms with E-state index in [2.05, 4.69) is 24.3 Å². The van der Waals surface area contributed by atoms with Gasteiger partial charge in [0.25, 0.3) is 0 Å². The number of unbranched alkanes of at least 4 members (excludes halogenated alkanes) is 1. The van der Waals surface area contributed by atoms with Crippen molar-refractivity contribution >= 4 is 7.85 Å². The van der Waals surface area contributed by atoms with Crippen LogP contribution in [0.15, 0.2) is 24.3 Å². The molecule has 1 fully saturated rings. The first kappa shape index (κ1) is 11.7. The van der Waals surface area contributed by atoms with Crippen LogP contribution in [0.3, 0.4) is 0 Å². The van der Waals surface area contributed by atoms with Crippen LogP contribution in [0.4, 0.5) is 0 Å². The number of hydrogen-bond donors (Lipinski definition) is 0. The van der Waals surface area contributed by atoms with E-state index in [0.717, 1.165) is 31.1 Å². The Bertz CT molecular complexity index is 321. The topological polar surface area (TPSA) is 18.5 Å². The lowest BCUT2D eigenvalue weighted by Crippen LogP contribution is -1.98. The van der Waals surface area contributed by atoms with E-state index >= 15 is 0 Å². The normalized spacial score (nSPS) is 16.8. The molecular weight excluding hydrogens is 199 g/mol. The molecule has 1 aliphatic heterocycles. The Hall–Kier alpha value is -0.795. The largest absolute Gasteiger partial charge is 0.346 e. The molecule has 0 N–H and O–H groups in total. The molecule has 1 heterocycles. The molecule has 0 unspecified atom stereocenters. The molecule has 1 aliphatic rings. The van der Waals surface area contributed by atoms with Crippen LogP contribution in [0, 0.1) is 0 Å². The van der Waals surface area contributed by atoms with Crippen LogP contribution >= 0.6 is 0 Å². The van der Waals surface area contributed by atoms with Crippen molar-refractivity contribution in [1.29, 1.82) is 0 Å². The zero-order chi connectivity index (χ0) is 11.2. The Morgan fingerprint density at radius 1 is 1.19 bits per heavy atom. The van der Waals surface area contributed by atoms with Gasteiger partial charge in [0.05, 0.1) is 21.1 Å². The summed E-state index contributed by atoms with van der Waals surface area (Å²) in [6.07, 6.45) is 3.92. The quantitative estimate of drug-likeness (QED) is 0.556. The van der Waals surface area contributed by atoms with E-state index in [0.29, 0.717) is 13.2 Å². The van der Waals surface area contributed by atoms with Crippen LogP contribution in [0.5, 0.6) is 0 Å². The third-order valence-electron chi connectivity index (χ3n) is 2.76. The SMILES string of the molecule is [B]CCCCc1cccc(C2OCCO2)c1. The molecule has 1 aromatic rings. The van der Waals surface area contributed by atoms with Gasteiger partial charge in [-0.05, 0) is 18.4 Å². The molecular formula is C13H17BO2. The summed E-state index contributed by atoms with van der Waals surface area (Å²) in [6.45, 7) is 1.39. The molecule has 0 bridgehead atoms. The van der Waals surface area contributed by atoms with Crippen LogP contribution in [-0.4, -0.2) is 21.1 Å². The lowest BCUT2D eigenvalue weighted by atomic mass is 9.97. The Labute approximate surface area is 98.4 Å². The highest BCUT2D eigenvalue weighted by atomic mass is 16.7. The summed E-state index contributed by atoms with van der Waals surface area (Å²) in [5, 5.41) is 0. The molecule has 0 amide bonds. The van der Waals surface area contributed by atoms with Crippen molar-refractivity contribution in [2.24, 2.45) is 0 Å². The highest BCUT2D eigenvalue weighted by Crippen LogP contribution is 2.24. The molecule has 0 aromatic heterocycles.